The zero-order chi connectivity index (χ0) is 20.6. The third-order valence-corrected chi connectivity index (χ3v) is 7.41. The van der Waals surface area contributed by atoms with Gasteiger partial charge in [0.15, 0.2) is 5.78 Å². The SMILES string of the molecule is CC(=O)c1cc2cc(Br)sc2nc1Cl.CC(O)c1cc2cc(Br)sc2nc1Cl. The van der Waals surface area contributed by atoms with Gasteiger partial charge in [-0.15, -0.1) is 22.7 Å². The predicted octanol–water partition coefficient (Wildman–Crippen LogP) is 7.68. The van der Waals surface area contributed by atoms with E-state index in [0.29, 0.717) is 16.3 Å². The van der Waals surface area contributed by atoms with E-state index in [0.717, 1.165) is 28.0 Å². The lowest BCUT2D eigenvalue weighted by Gasteiger charge is -2.05. The average molecular weight is 583 g/mol. The Labute approximate surface area is 195 Å². The molecule has 0 aliphatic heterocycles. The summed E-state index contributed by atoms with van der Waals surface area (Å²) < 4.78 is 2.00. The van der Waals surface area contributed by atoms with E-state index in [2.05, 4.69) is 41.8 Å². The lowest BCUT2D eigenvalue weighted by atomic mass is 10.1. The molecule has 28 heavy (non-hydrogen) atoms. The van der Waals surface area contributed by atoms with Crippen molar-refractivity contribution in [2.24, 2.45) is 0 Å². The molecule has 0 amide bonds. The lowest BCUT2D eigenvalue weighted by Crippen LogP contribution is -1.94. The van der Waals surface area contributed by atoms with E-state index in [1.165, 1.54) is 29.6 Å². The van der Waals surface area contributed by atoms with Gasteiger partial charge in [-0.3, -0.25) is 4.79 Å². The third-order valence-electron chi connectivity index (χ3n) is 3.72. The lowest BCUT2D eigenvalue weighted by molar-refractivity contribution is 0.101. The standard InChI is InChI=1S/C9H7BrClNOS.C9H5BrClNOS/c2*1-4(13)6-2-5-3-7(10)14-9(5)12-8(6)11/h2-4,13H,1H3;2-3H,1H3. The second-order valence-corrected chi connectivity index (χ2v) is 11.4. The predicted molar refractivity (Wildman–Crippen MR) is 125 cm³/mol. The zero-order valence-electron chi connectivity index (χ0n) is 14.5. The van der Waals surface area contributed by atoms with Crippen molar-refractivity contribution in [3.63, 3.8) is 0 Å². The van der Waals surface area contributed by atoms with Crippen molar-refractivity contribution in [1.82, 2.24) is 9.97 Å². The van der Waals surface area contributed by atoms with Gasteiger partial charge in [-0.05, 0) is 70.0 Å². The molecule has 1 atom stereocenters. The van der Waals surface area contributed by atoms with E-state index in [9.17, 15) is 9.90 Å². The first-order valence-electron chi connectivity index (χ1n) is 7.85. The molecular weight excluding hydrogens is 571 g/mol. The summed E-state index contributed by atoms with van der Waals surface area (Å²) in [6, 6.07) is 7.54. The number of thiophene rings is 2. The summed E-state index contributed by atoms with van der Waals surface area (Å²) in [5.41, 5.74) is 1.15. The first kappa shape index (κ1) is 22.1. The number of Topliss-reactive ketones (excluding diaryl/α,β-unsaturated/α-hetero) is 1. The number of carbonyl (C=O) groups excluding carboxylic acids is 1. The van der Waals surface area contributed by atoms with E-state index >= 15 is 0 Å². The van der Waals surface area contributed by atoms with Crippen molar-refractivity contribution >= 4 is 104 Å². The molecule has 4 aromatic rings. The molecule has 1 N–H and O–H groups in total. The van der Waals surface area contributed by atoms with Gasteiger partial charge in [0, 0.05) is 16.3 Å². The number of nitrogens with zero attached hydrogens (tertiary/aromatic N) is 2. The number of pyridine rings is 2. The highest BCUT2D eigenvalue weighted by Gasteiger charge is 2.12. The molecule has 4 nitrogen and oxygen atoms in total. The Morgan fingerprint density at radius 2 is 1.50 bits per heavy atom. The van der Waals surface area contributed by atoms with Gasteiger partial charge in [0.25, 0.3) is 0 Å². The van der Waals surface area contributed by atoms with E-state index in [1.54, 1.807) is 13.0 Å². The molecule has 0 saturated carbocycles. The molecule has 0 bridgehead atoms. The van der Waals surface area contributed by atoms with Crippen LogP contribution in [-0.4, -0.2) is 20.9 Å². The number of ketones is 1. The number of rotatable bonds is 2. The van der Waals surface area contributed by atoms with Crippen molar-refractivity contribution in [2.75, 3.05) is 0 Å². The fraction of sp³-hybridized carbons (Fsp3) is 0.167. The number of aromatic nitrogens is 2. The summed E-state index contributed by atoms with van der Waals surface area (Å²) in [6.45, 7) is 3.16. The van der Waals surface area contributed by atoms with Gasteiger partial charge in [-0.2, -0.15) is 0 Å². The summed E-state index contributed by atoms with van der Waals surface area (Å²) in [5.74, 6) is -0.0632. The van der Waals surface area contributed by atoms with Crippen LogP contribution in [0.4, 0.5) is 0 Å². The summed E-state index contributed by atoms with van der Waals surface area (Å²) in [5, 5.41) is 12.0. The molecule has 0 aliphatic rings. The quantitative estimate of drug-likeness (QED) is 0.194. The molecule has 1 unspecified atom stereocenters. The van der Waals surface area contributed by atoms with E-state index in [-0.39, 0.29) is 10.9 Å². The Morgan fingerprint density at radius 1 is 1.00 bits per heavy atom. The van der Waals surface area contributed by atoms with Crippen LogP contribution in [0.1, 0.15) is 35.9 Å². The molecule has 4 heterocycles. The highest BCUT2D eigenvalue weighted by atomic mass is 79.9. The molecule has 0 spiro atoms. The van der Waals surface area contributed by atoms with Crippen molar-refractivity contribution in [1.29, 1.82) is 0 Å². The second-order valence-electron chi connectivity index (χ2n) is 5.82. The zero-order valence-corrected chi connectivity index (χ0v) is 20.8. The van der Waals surface area contributed by atoms with Crippen LogP contribution in [0.15, 0.2) is 31.8 Å². The van der Waals surface area contributed by atoms with Gasteiger partial charge in [0.2, 0.25) is 0 Å². The first-order chi connectivity index (χ1) is 13.2. The summed E-state index contributed by atoms with van der Waals surface area (Å²) >= 11 is 21.6. The molecule has 4 rings (SSSR count). The van der Waals surface area contributed by atoms with Gasteiger partial charge in [-0.25, -0.2) is 9.97 Å². The number of hydrogen-bond acceptors (Lipinski definition) is 6. The minimum atomic E-state index is -0.585. The van der Waals surface area contributed by atoms with Crippen LogP contribution in [0.3, 0.4) is 0 Å². The fourth-order valence-corrected chi connectivity index (χ4v) is 5.97. The molecule has 0 saturated heterocycles. The van der Waals surface area contributed by atoms with Crippen molar-refractivity contribution in [2.45, 2.75) is 20.0 Å². The van der Waals surface area contributed by atoms with Crippen molar-refractivity contribution in [3.05, 3.63) is 53.3 Å². The second kappa shape index (κ2) is 9.04. The van der Waals surface area contributed by atoms with Crippen molar-refractivity contribution in [3.8, 4) is 0 Å². The smallest absolute Gasteiger partial charge is 0.162 e. The van der Waals surface area contributed by atoms with Crippen LogP contribution in [-0.2, 0) is 0 Å². The van der Waals surface area contributed by atoms with Gasteiger partial charge in [0.1, 0.15) is 20.0 Å². The molecule has 4 aromatic heterocycles. The largest absolute Gasteiger partial charge is 0.389 e. The first-order valence-corrected chi connectivity index (χ1v) is 11.8. The van der Waals surface area contributed by atoms with Crippen LogP contribution in [0.2, 0.25) is 10.3 Å². The Hall–Kier alpha value is -0.610. The van der Waals surface area contributed by atoms with Crippen LogP contribution in [0.5, 0.6) is 0 Å². The van der Waals surface area contributed by atoms with Gasteiger partial charge in [0.05, 0.1) is 19.2 Å². The van der Waals surface area contributed by atoms with Gasteiger partial charge in [-0.1, -0.05) is 23.2 Å². The fourth-order valence-electron chi connectivity index (χ4n) is 2.40. The molecular formula is C18H12Br2Cl2N2O2S2. The average Bonchev–Trinajstić information content (AvgIpc) is 3.13. The summed E-state index contributed by atoms with van der Waals surface area (Å²) in [6.07, 6.45) is -0.585. The molecule has 10 heteroatoms. The van der Waals surface area contributed by atoms with Gasteiger partial charge >= 0.3 is 0 Å². The number of hydrogen-bond donors (Lipinski definition) is 1. The highest BCUT2D eigenvalue weighted by Crippen LogP contribution is 2.33. The van der Waals surface area contributed by atoms with Crippen LogP contribution in [0, 0.1) is 0 Å². The number of carbonyl (C=O) groups is 1. The summed E-state index contributed by atoms with van der Waals surface area (Å²) in [7, 11) is 0. The molecule has 0 aromatic carbocycles. The normalized spacial score (nSPS) is 12.1. The molecule has 146 valence electrons. The van der Waals surface area contributed by atoms with E-state index < -0.39 is 6.10 Å². The third kappa shape index (κ3) is 4.92. The van der Waals surface area contributed by atoms with Crippen LogP contribution >= 0.6 is 77.7 Å². The Bertz CT molecular complexity index is 1190. The maximum atomic E-state index is 11.2. The Balaban J connectivity index is 0.000000161. The topological polar surface area (TPSA) is 63.1 Å². The Kier molecular flexibility index (Phi) is 7.13. The molecule has 0 fully saturated rings. The minimum Gasteiger partial charge on any atom is -0.389 e. The van der Waals surface area contributed by atoms with Crippen LogP contribution in [0.25, 0.3) is 20.4 Å². The van der Waals surface area contributed by atoms with E-state index in [4.69, 9.17) is 23.2 Å². The number of halogens is 4. The van der Waals surface area contributed by atoms with Crippen LogP contribution < -0.4 is 0 Å². The number of aliphatic hydroxyl groups excluding tert-OH is 1. The number of fused-ring (bicyclic) bond motifs is 2. The summed E-state index contributed by atoms with van der Waals surface area (Å²) in [4.78, 5) is 21.3. The molecule has 0 radical (unpaired) electrons. The van der Waals surface area contributed by atoms with Crippen molar-refractivity contribution < 1.29 is 9.90 Å². The van der Waals surface area contributed by atoms with Gasteiger partial charge < -0.3 is 5.11 Å². The monoisotopic (exact) mass is 580 g/mol. The Morgan fingerprint density at radius 3 is 2.00 bits per heavy atom. The maximum absolute atomic E-state index is 11.2. The molecule has 0 aliphatic carbocycles. The van der Waals surface area contributed by atoms with E-state index in [1.807, 2.05) is 18.2 Å². The highest BCUT2D eigenvalue weighted by molar-refractivity contribution is 9.11. The minimum absolute atomic E-state index is 0.0632. The number of aliphatic hydroxyl groups is 1. The maximum Gasteiger partial charge on any atom is 0.162 e.